The second kappa shape index (κ2) is 12.6. The van der Waals surface area contributed by atoms with E-state index in [-0.39, 0.29) is 22.2 Å². The van der Waals surface area contributed by atoms with E-state index in [0.717, 1.165) is 16.9 Å². The number of nitrogens with zero attached hydrogens (tertiary/aromatic N) is 3. The molecule has 0 saturated carbocycles. The van der Waals surface area contributed by atoms with Crippen molar-refractivity contribution in [1.82, 2.24) is 15.2 Å². The van der Waals surface area contributed by atoms with Crippen LogP contribution in [0.1, 0.15) is 11.3 Å². The Labute approximate surface area is 232 Å². The second-order valence-electron chi connectivity index (χ2n) is 7.78. The van der Waals surface area contributed by atoms with E-state index >= 15 is 0 Å². The molecule has 3 heterocycles. The maximum Gasteiger partial charge on any atom is 0.490 e. The molecule has 1 unspecified atom stereocenters. The molecule has 0 spiro atoms. The van der Waals surface area contributed by atoms with Gasteiger partial charge in [-0.3, -0.25) is 14.5 Å². The zero-order chi connectivity index (χ0) is 29.6. The van der Waals surface area contributed by atoms with Crippen LogP contribution >= 0.6 is 23.1 Å². The van der Waals surface area contributed by atoms with Gasteiger partial charge >= 0.3 is 18.1 Å². The molecule has 12 nitrogen and oxygen atoms in total. The van der Waals surface area contributed by atoms with Crippen molar-refractivity contribution in [1.29, 1.82) is 0 Å². The number of oxime groups is 1. The summed E-state index contributed by atoms with van der Waals surface area (Å²) in [6.45, 7) is 0. The first kappa shape index (κ1) is 30.2. The number of nitrogen functional groups attached to an aromatic ring is 1. The van der Waals surface area contributed by atoms with Crippen molar-refractivity contribution in [2.45, 2.75) is 17.6 Å². The number of β-lactam (4-membered cyclic amide) rings is 1. The zero-order valence-electron chi connectivity index (χ0n) is 20.3. The van der Waals surface area contributed by atoms with Gasteiger partial charge in [-0.15, -0.1) is 23.1 Å². The van der Waals surface area contributed by atoms with Gasteiger partial charge in [-0.05, 0) is 11.1 Å². The van der Waals surface area contributed by atoms with E-state index in [1.165, 1.54) is 23.8 Å². The fourth-order valence-electron chi connectivity index (χ4n) is 3.43. The summed E-state index contributed by atoms with van der Waals surface area (Å²) >= 11 is 2.50. The minimum Gasteiger partial charge on any atom is -0.477 e. The molecule has 2 amide bonds. The number of nitrogens with one attached hydrogen (secondary N) is 1. The van der Waals surface area contributed by atoms with E-state index in [0.29, 0.717) is 11.3 Å². The zero-order valence-corrected chi connectivity index (χ0v) is 21.9. The molecule has 1 fully saturated rings. The summed E-state index contributed by atoms with van der Waals surface area (Å²) in [7, 11) is 1.28. The Hall–Kier alpha value is -4.38. The SMILES string of the molecule is CON=C(C(=O)NC1C(=O)N2C(C(=O)O)=C(C=Cc3ccccc3)CS[C@@H]12)c1csc(N)n1.O=C(O)C(F)(F)F. The molecular formula is C23H20F3N5O7S2. The highest BCUT2D eigenvalue weighted by molar-refractivity contribution is 8.00. The topological polar surface area (TPSA) is 185 Å². The van der Waals surface area contributed by atoms with Crippen molar-refractivity contribution >= 4 is 63.8 Å². The van der Waals surface area contributed by atoms with Crippen LogP contribution in [0.4, 0.5) is 18.3 Å². The monoisotopic (exact) mass is 599 g/mol. The molecule has 2 atom stereocenters. The predicted molar refractivity (Wildman–Crippen MR) is 139 cm³/mol. The van der Waals surface area contributed by atoms with Gasteiger partial charge in [-0.25, -0.2) is 14.6 Å². The maximum absolute atomic E-state index is 12.9. The smallest absolute Gasteiger partial charge is 0.477 e. The van der Waals surface area contributed by atoms with Gasteiger partial charge < -0.3 is 26.1 Å². The molecule has 0 aliphatic carbocycles. The van der Waals surface area contributed by atoms with Gasteiger partial charge in [0.05, 0.1) is 0 Å². The molecule has 212 valence electrons. The van der Waals surface area contributed by atoms with Crippen molar-refractivity contribution in [3.8, 4) is 0 Å². The Morgan fingerprint density at radius 2 is 1.88 bits per heavy atom. The molecule has 2 aromatic rings. The lowest BCUT2D eigenvalue weighted by atomic mass is 10.0. The highest BCUT2D eigenvalue weighted by atomic mass is 32.2. The summed E-state index contributed by atoms with van der Waals surface area (Å²) < 4.78 is 31.7. The predicted octanol–water partition coefficient (Wildman–Crippen LogP) is 2.16. The average Bonchev–Trinajstić information content (AvgIpc) is 3.34. The Bertz CT molecular complexity index is 1390. The number of aromatic nitrogens is 1. The number of thioether (sulfide) groups is 1. The van der Waals surface area contributed by atoms with Gasteiger partial charge in [0.15, 0.2) is 10.8 Å². The molecule has 4 rings (SSSR count). The molecule has 2 aliphatic rings. The van der Waals surface area contributed by atoms with Crippen LogP contribution in [-0.2, 0) is 24.0 Å². The molecule has 5 N–H and O–H groups in total. The number of rotatable bonds is 7. The van der Waals surface area contributed by atoms with Crippen LogP contribution < -0.4 is 11.1 Å². The third-order valence-electron chi connectivity index (χ3n) is 5.17. The quantitative estimate of drug-likeness (QED) is 0.209. The fourth-order valence-corrected chi connectivity index (χ4v) is 5.30. The van der Waals surface area contributed by atoms with Crippen LogP contribution in [0.2, 0.25) is 0 Å². The number of anilines is 1. The number of fused-ring (bicyclic) bond motifs is 1. The highest BCUT2D eigenvalue weighted by Gasteiger charge is 2.54. The number of carbonyl (C=O) groups excluding carboxylic acids is 2. The number of carbonyl (C=O) groups is 4. The number of benzene rings is 1. The lowest BCUT2D eigenvalue weighted by Crippen LogP contribution is -2.71. The number of nitrogens with two attached hydrogens (primary N) is 1. The summed E-state index contributed by atoms with van der Waals surface area (Å²) in [6.07, 6.45) is -1.58. The van der Waals surface area contributed by atoms with Gasteiger partial charge in [-0.1, -0.05) is 47.6 Å². The molecule has 1 saturated heterocycles. The van der Waals surface area contributed by atoms with Crippen molar-refractivity contribution in [3.05, 3.63) is 64.3 Å². The standard InChI is InChI=1S/C21H19N5O5S2.C2HF3O2/c1-31-25-14(13-10-33-21(22)23-13)17(27)24-15-18(28)26-16(20(29)30)12(9-32-19(15)26)8-7-11-5-3-2-4-6-11;3-2(4,5)1(6)7/h2-8,10,15,19H,9H2,1H3,(H2,22,23)(H,24,27)(H,29,30);(H,6,7)/t15?,19-;/m0./s1. The van der Waals surface area contributed by atoms with Crippen LogP contribution in [0.5, 0.6) is 0 Å². The number of hydrogen-bond donors (Lipinski definition) is 4. The highest BCUT2D eigenvalue weighted by Crippen LogP contribution is 2.40. The van der Waals surface area contributed by atoms with Gasteiger partial charge in [0, 0.05) is 11.1 Å². The summed E-state index contributed by atoms with van der Waals surface area (Å²) in [4.78, 5) is 56.5. The van der Waals surface area contributed by atoms with E-state index < -0.39 is 41.3 Å². The number of alkyl halides is 3. The molecule has 1 aromatic carbocycles. The summed E-state index contributed by atoms with van der Waals surface area (Å²) in [6, 6.07) is 8.53. The minimum absolute atomic E-state index is 0.0838. The molecule has 0 radical (unpaired) electrons. The van der Waals surface area contributed by atoms with Crippen LogP contribution in [0.3, 0.4) is 0 Å². The Balaban J connectivity index is 0.000000559. The Kier molecular flexibility index (Phi) is 9.54. The van der Waals surface area contributed by atoms with Gasteiger partial charge in [-0.2, -0.15) is 13.2 Å². The van der Waals surface area contributed by atoms with Gasteiger partial charge in [0.1, 0.15) is 29.9 Å². The number of thiazole rings is 1. The number of halogens is 3. The molecular weight excluding hydrogens is 579 g/mol. The van der Waals surface area contributed by atoms with E-state index in [1.54, 1.807) is 17.5 Å². The lowest BCUT2D eigenvalue weighted by Gasteiger charge is -2.49. The lowest BCUT2D eigenvalue weighted by molar-refractivity contribution is -0.192. The largest absolute Gasteiger partial charge is 0.490 e. The summed E-state index contributed by atoms with van der Waals surface area (Å²) in [5.41, 5.74) is 7.07. The number of aliphatic carboxylic acids is 2. The molecule has 17 heteroatoms. The second-order valence-corrected chi connectivity index (χ2v) is 9.77. The van der Waals surface area contributed by atoms with Gasteiger partial charge in [0.25, 0.3) is 11.8 Å². The van der Waals surface area contributed by atoms with E-state index in [9.17, 15) is 32.7 Å². The molecule has 1 aromatic heterocycles. The number of hydrogen-bond acceptors (Lipinski definition) is 10. The van der Waals surface area contributed by atoms with Crippen molar-refractivity contribution < 1.29 is 47.4 Å². The number of carboxylic acids is 2. The van der Waals surface area contributed by atoms with Gasteiger partial charge in [0.2, 0.25) is 0 Å². The van der Waals surface area contributed by atoms with Crippen LogP contribution in [0.15, 0.2) is 58.2 Å². The maximum atomic E-state index is 12.9. The van der Waals surface area contributed by atoms with E-state index in [4.69, 9.17) is 20.5 Å². The third-order valence-corrected chi connectivity index (χ3v) is 7.14. The first-order valence-corrected chi connectivity index (χ1v) is 12.9. The van der Waals surface area contributed by atoms with Crippen molar-refractivity contribution in [2.75, 3.05) is 18.6 Å². The number of carboxylic acid groups (broad SMARTS) is 2. The van der Waals surface area contributed by atoms with Crippen LogP contribution in [-0.4, -0.2) is 80.0 Å². The summed E-state index contributed by atoms with van der Waals surface area (Å²) in [5.74, 6) is -4.78. The molecule has 2 aliphatic heterocycles. The third kappa shape index (κ3) is 6.97. The minimum atomic E-state index is -5.08. The Morgan fingerprint density at radius 1 is 1.23 bits per heavy atom. The average molecular weight is 600 g/mol. The van der Waals surface area contributed by atoms with E-state index in [2.05, 4.69) is 15.5 Å². The summed E-state index contributed by atoms with van der Waals surface area (Å²) in [5, 5.41) is 24.5. The number of amides is 2. The first-order chi connectivity index (χ1) is 18.8. The fraction of sp³-hybridized carbons (Fsp3) is 0.217. The normalized spacial score (nSPS) is 18.9. The van der Waals surface area contributed by atoms with Crippen molar-refractivity contribution in [2.24, 2.45) is 5.16 Å². The van der Waals surface area contributed by atoms with Crippen molar-refractivity contribution in [3.63, 3.8) is 0 Å². The molecule has 0 bridgehead atoms. The molecule has 40 heavy (non-hydrogen) atoms. The first-order valence-electron chi connectivity index (χ1n) is 10.9. The number of allylic oxidation sites excluding steroid dienone is 1. The van der Waals surface area contributed by atoms with E-state index in [1.807, 2.05) is 30.3 Å². The van der Waals surface area contributed by atoms with Crippen LogP contribution in [0.25, 0.3) is 6.08 Å². The van der Waals surface area contributed by atoms with Crippen LogP contribution in [0, 0.1) is 0 Å². The Morgan fingerprint density at radius 3 is 2.40 bits per heavy atom.